The lowest BCUT2D eigenvalue weighted by atomic mass is 10.2. The van der Waals surface area contributed by atoms with E-state index in [0.29, 0.717) is 17.9 Å². The first kappa shape index (κ1) is 19.3. The predicted molar refractivity (Wildman–Crippen MR) is 99.7 cm³/mol. The zero-order chi connectivity index (χ0) is 20.0. The third-order valence-corrected chi connectivity index (χ3v) is 3.88. The van der Waals surface area contributed by atoms with Gasteiger partial charge in [0.2, 0.25) is 0 Å². The van der Waals surface area contributed by atoms with E-state index in [1.165, 1.54) is 12.1 Å². The number of alkyl halides is 3. The molecule has 0 aromatic heterocycles. The van der Waals surface area contributed by atoms with Crippen LogP contribution in [0.4, 0.5) is 18.9 Å². The number of rotatable bonds is 6. The van der Waals surface area contributed by atoms with Crippen LogP contribution in [-0.4, -0.2) is 5.91 Å². The molecule has 0 unspecified atom stereocenters. The Morgan fingerprint density at radius 1 is 0.893 bits per heavy atom. The summed E-state index contributed by atoms with van der Waals surface area (Å²) in [5, 5.41) is 0. The van der Waals surface area contributed by atoms with Gasteiger partial charge in [0.1, 0.15) is 12.4 Å². The average Bonchev–Trinajstić information content (AvgIpc) is 2.71. The molecule has 0 atom stereocenters. The molecule has 0 radical (unpaired) electrons. The van der Waals surface area contributed by atoms with Crippen LogP contribution in [0.15, 0.2) is 78.9 Å². The Morgan fingerprint density at radius 2 is 1.61 bits per heavy atom. The fourth-order valence-corrected chi connectivity index (χ4v) is 2.42. The van der Waals surface area contributed by atoms with Crippen molar-refractivity contribution in [3.05, 3.63) is 95.6 Å². The van der Waals surface area contributed by atoms with E-state index >= 15 is 0 Å². The van der Waals surface area contributed by atoms with Gasteiger partial charge >= 0.3 is 6.18 Å². The maximum absolute atomic E-state index is 12.7. The third kappa shape index (κ3) is 5.26. The van der Waals surface area contributed by atoms with Crippen LogP contribution in [0.5, 0.6) is 5.75 Å². The molecule has 4 nitrogen and oxygen atoms in total. The normalized spacial score (nSPS) is 11.0. The summed E-state index contributed by atoms with van der Waals surface area (Å²) in [7, 11) is 0. The molecule has 0 spiro atoms. The topological polar surface area (TPSA) is 50.4 Å². The highest BCUT2D eigenvalue weighted by Crippen LogP contribution is 2.30. The van der Waals surface area contributed by atoms with Crippen molar-refractivity contribution < 1.29 is 22.7 Å². The lowest BCUT2D eigenvalue weighted by Gasteiger charge is -2.12. The number of ether oxygens (including phenoxy) is 1. The Balaban J connectivity index is 1.55. The van der Waals surface area contributed by atoms with Crippen molar-refractivity contribution in [2.75, 3.05) is 5.43 Å². The molecule has 3 aromatic rings. The molecule has 0 bridgehead atoms. The molecule has 2 N–H and O–H groups in total. The summed E-state index contributed by atoms with van der Waals surface area (Å²) in [6.07, 6.45) is -4.45. The number of nitrogens with one attached hydrogen (secondary N) is 2. The van der Waals surface area contributed by atoms with E-state index in [2.05, 4.69) is 10.9 Å². The fourth-order valence-electron chi connectivity index (χ4n) is 2.42. The molecule has 3 aromatic carbocycles. The molecule has 0 aliphatic carbocycles. The predicted octanol–water partition coefficient (Wildman–Crippen LogP) is 5.04. The Morgan fingerprint density at radius 3 is 2.29 bits per heavy atom. The number of hydrogen-bond acceptors (Lipinski definition) is 3. The number of amides is 1. The van der Waals surface area contributed by atoms with E-state index in [9.17, 15) is 18.0 Å². The van der Waals surface area contributed by atoms with Crippen LogP contribution in [0.25, 0.3) is 0 Å². The van der Waals surface area contributed by atoms with Crippen LogP contribution in [0.1, 0.15) is 21.5 Å². The molecule has 0 saturated carbocycles. The van der Waals surface area contributed by atoms with Gasteiger partial charge in [-0.3, -0.25) is 15.6 Å². The van der Waals surface area contributed by atoms with Crippen molar-refractivity contribution in [1.82, 2.24) is 5.43 Å². The van der Waals surface area contributed by atoms with Gasteiger partial charge < -0.3 is 4.74 Å². The van der Waals surface area contributed by atoms with E-state index in [4.69, 9.17) is 4.74 Å². The minimum absolute atomic E-state index is 0.131. The smallest absolute Gasteiger partial charge is 0.416 e. The lowest BCUT2D eigenvalue weighted by Crippen LogP contribution is -2.29. The highest BCUT2D eigenvalue weighted by atomic mass is 19.4. The first-order valence-electron chi connectivity index (χ1n) is 8.42. The molecule has 28 heavy (non-hydrogen) atoms. The van der Waals surface area contributed by atoms with Gasteiger partial charge in [0.15, 0.2) is 0 Å². The van der Waals surface area contributed by atoms with Gasteiger partial charge in [-0.2, -0.15) is 13.2 Å². The monoisotopic (exact) mass is 386 g/mol. The number of hydrazine groups is 1. The number of halogens is 3. The van der Waals surface area contributed by atoms with Gasteiger partial charge in [0.05, 0.1) is 11.3 Å². The largest absolute Gasteiger partial charge is 0.489 e. The minimum atomic E-state index is -4.45. The van der Waals surface area contributed by atoms with Crippen molar-refractivity contribution in [1.29, 1.82) is 0 Å². The van der Waals surface area contributed by atoms with Crippen LogP contribution in [0, 0.1) is 0 Å². The minimum Gasteiger partial charge on any atom is -0.489 e. The zero-order valence-corrected chi connectivity index (χ0v) is 14.7. The summed E-state index contributed by atoms with van der Waals surface area (Å²) in [6.45, 7) is 0.406. The molecule has 144 valence electrons. The lowest BCUT2D eigenvalue weighted by molar-refractivity contribution is -0.137. The fraction of sp³-hybridized carbons (Fsp3) is 0.0952. The second kappa shape index (κ2) is 8.47. The van der Waals surface area contributed by atoms with Crippen LogP contribution in [0.3, 0.4) is 0 Å². The Kier molecular flexibility index (Phi) is 5.84. The van der Waals surface area contributed by atoms with Crippen LogP contribution >= 0.6 is 0 Å². The molecular weight excluding hydrogens is 369 g/mol. The van der Waals surface area contributed by atoms with Gasteiger partial charge in [-0.05, 0) is 48.0 Å². The second-order valence-corrected chi connectivity index (χ2v) is 5.96. The summed E-state index contributed by atoms with van der Waals surface area (Å²) >= 11 is 0. The highest BCUT2D eigenvalue weighted by Gasteiger charge is 2.30. The Hall–Kier alpha value is -3.48. The summed E-state index contributed by atoms with van der Waals surface area (Å²) in [4.78, 5) is 12.2. The van der Waals surface area contributed by atoms with Crippen molar-refractivity contribution in [2.24, 2.45) is 0 Å². The van der Waals surface area contributed by atoms with E-state index in [1.807, 2.05) is 30.3 Å². The number of carbonyl (C=O) groups excluding carboxylic acids is 1. The molecule has 1 amide bonds. The third-order valence-electron chi connectivity index (χ3n) is 3.88. The number of carbonyl (C=O) groups is 1. The molecule has 0 aliphatic heterocycles. The maximum atomic E-state index is 12.7. The van der Waals surface area contributed by atoms with Crippen LogP contribution < -0.4 is 15.6 Å². The number of anilines is 1. The van der Waals surface area contributed by atoms with Crippen molar-refractivity contribution in [2.45, 2.75) is 12.8 Å². The summed E-state index contributed by atoms with van der Waals surface area (Å²) in [6, 6.07) is 20.7. The summed E-state index contributed by atoms with van der Waals surface area (Å²) in [5.41, 5.74) is 5.55. The molecule has 3 rings (SSSR count). The van der Waals surface area contributed by atoms with E-state index in [1.54, 1.807) is 24.3 Å². The van der Waals surface area contributed by atoms with Gasteiger partial charge in [0, 0.05) is 5.56 Å². The SMILES string of the molecule is O=C(NNc1cccc(C(F)(F)F)c1)c1ccc(OCc2ccccc2)cc1. The number of benzene rings is 3. The number of hydrogen-bond donors (Lipinski definition) is 2. The van der Waals surface area contributed by atoms with Crippen molar-refractivity contribution in [3.63, 3.8) is 0 Å². The van der Waals surface area contributed by atoms with Gasteiger partial charge in [-0.25, -0.2) is 0 Å². The van der Waals surface area contributed by atoms with Crippen molar-refractivity contribution >= 4 is 11.6 Å². The van der Waals surface area contributed by atoms with Crippen molar-refractivity contribution in [3.8, 4) is 5.75 Å². The van der Waals surface area contributed by atoms with Gasteiger partial charge in [-0.15, -0.1) is 0 Å². The average molecular weight is 386 g/mol. The van der Waals surface area contributed by atoms with E-state index < -0.39 is 17.6 Å². The van der Waals surface area contributed by atoms with Crippen LogP contribution in [0.2, 0.25) is 0 Å². The van der Waals surface area contributed by atoms with Gasteiger partial charge in [0.25, 0.3) is 5.91 Å². The summed E-state index contributed by atoms with van der Waals surface area (Å²) in [5.74, 6) is 0.123. The van der Waals surface area contributed by atoms with E-state index in [0.717, 1.165) is 17.7 Å². The Bertz CT molecular complexity index is 926. The van der Waals surface area contributed by atoms with Crippen LogP contribution in [-0.2, 0) is 12.8 Å². The second-order valence-electron chi connectivity index (χ2n) is 5.96. The summed E-state index contributed by atoms with van der Waals surface area (Å²) < 4.78 is 43.8. The zero-order valence-electron chi connectivity index (χ0n) is 14.7. The first-order valence-corrected chi connectivity index (χ1v) is 8.42. The Labute approximate surface area is 159 Å². The molecule has 0 aliphatic rings. The first-order chi connectivity index (χ1) is 13.4. The molecule has 7 heteroatoms. The maximum Gasteiger partial charge on any atom is 0.416 e. The van der Waals surface area contributed by atoms with Gasteiger partial charge in [-0.1, -0.05) is 36.4 Å². The van der Waals surface area contributed by atoms with E-state index in [-0.39, 0.29) is 5.69 Å². The molecule has 0 saturated heterocycles. The quantitative estimate of drug-likeness (QED) is 0.584. The highest BCUT2D eigenvalue weighted by molar-refractivity contribution is 5.95. The molecule has 0 heterocycles. The molecular formula is C21H17F3N2O2. The standard InChI is InChI=1S/C21H17F3N2O2/c22-21(23,24)17-7-4-8-18(13-17)25-26-20(27)16-9-11-19(12-10-16)28-14-15-5-2-1-3-6-15/h1-13,25H,14H2,(H,26,27). The molecule has 0 fully saturated rings.